The molecule has 1 rings (SSSR count). The van der Waals surface area contributed by atoms with Gasteiger partial charge in [-0.15, -0.1) is 11.3 Å². The maximum atomic E-state index is 11.6. The Hall–Kier alpha value is -0.660. The molecule has 0 radical (unpaired) electrons. The Labute approximate surface area is 100 Å². The van der Waals surface area contributed by atoms with Crippen LogP contribution in [0, 0.1) is 6.92 Å². The molecular formula is C9H17N3O2S2. The lowest BCUT2D eigenvalue weighted by Crippen LogP contribution is -2.21. The smallest absolute Gasteiger partial charge is 0.234 e. The highest BCUT2D eigenvalue weighted by atomic mass is 32.2. The van der Waals surface area contributed by atoms with Gasteiger partial charge in [-0.2, -0.15) is 0 Å². The van der Waals surface area contributed by atoms with Gasteiger partial charge in [0.05, 0.1) is 5.75 Å². The van der Waals surface area contributed by atoms with Crippen LogP contribution in [0.3, 0.4) is 0 Å². The van der Waals surface area contributed by atoms with E-state index in [4.69, 9.17) is 0 Å². The Balaban J connectivity index is 2.40. The fraction of sp³-hybridized carbons (Fsp3) is 0.667. The molecule has 7 heteroatoms. The number of aryl methyl sites for hydroxylation is 1. The normalized spacial score (nSPS) is 11.6. The predicted octanol–water partition coefficient (Wildman–Crippen LogP) is 1.19. The minimum absolute atomic E-state index is 0.124. The van der Waals surface area contributed by atoms with E-state index < -0.39 is 10.0 Å². The molecule has 0 atom stereocenters. The minimum Gasteiger partial charge on any atom is -0.317 e. The molecular weight excluding hydrogens is 246 g/mol. The van der Waals surface area contributed by atoms with E-state index in [-0.39, 0.29) is 5.75 Å². The second kappa shape index (κ2) is 6.17. The average molecular weight is 263 g/mol. The van der Waals surface area contributed by atoms with E-state index >= 15 is 0 Å². The molecule has 0 saturated heterocycles. The van der Waals surface area contributed by atoms with Crippen LogP contribution >= 0.6 is 11.3 Å². The van der Waals surface area contributed by atoms with E-state index in [9.17, 15) is 8.42 Å². The number of hydrogen-bond acceptors (Lipinski definition) is 5. The average Bonchev–Trinajstić information content (AvgIpc) is 2.58. The fourth-order valence-corrected chi connectivity index (χ4v) is 3.16. The molecule has 0 fully saturated rings. The third kappa shape index (κ3) is 4.91. The molecule has 1 aromatic rings. The summed E-state index contributed by atoms with van der Waals surface area (Å²) in [5.41, 5.74) is 0. The van der Waals surface area contributed by atoms with Crippen molar-refractivity contribution >= 4 is 26.5 Å². The molecule has 0 aromatic carbocycles. The summed E-state index contributed by atoms with van der Waals surface area (Å²) in [5.74, 6) is 0.124. The number of sulfonamides is 1. The zero-order chi connectivity index (χ0) is 12.0. The van der Waals surface area contributed by atoms with Crippen molar-refractivity contribution in [1.29, 1.82) is 0 Å². The highest BCUT2D eigenvalue weighted by Crippen LogP contribution is 2.17. The van der Waals surface area contributed by atoms with Crippen LogP contribution in [-0.4, -0.2) is 32.2 Å². The van der Waals surface area contributed by atoms with Gasteiger partial charge in [-0.1, -0.05) is 6.92 Å². The minimum atomic E-state index is -3.24. The van der Waals surface area contributed by atoms with Gasteiger partial charge < -0.3 is 5.32 Å². The second-order valence-corrected chi connectivity index (χ2v) is 6.48. The van der Waals surface area contributed by atoms with Gasteiger partial charge in [0, 0.05) is 11.1 Å². The number of anilines is 1. The van der Waals surface area contributed by atoms with Crippen molar-refractivity contribution in [3.05, 3.63) is 11.1 Å². The summed E-state index contributed by atoms with van der Waals surface area (Å²) >= 11 is 1.34. The van der Waals surface area contributed by atoms with Gasteiger partial charge in [-0.3, -0.25) is 4.72 Å². The molecule has 0 bridgehead atoms. The first-order valence-corrected chi connectivity index (χ1v) is 7.64. The van der Waals surface area contributed by atoms with Gasteiger partial charge in [-0.05, 0) is 26.4 Å². The summed E-state index contributed by atoms with van der Waals surface area (Å²) in [5, 5.41) is 3.53. The monoisotopic (exact) mass is 263 g/mol. The van der Waals surface area contributed by atoms with Crippen LogP contribution < -0.4 is 10.0 Å². The second-order valence-electron chi connectivity index (χ2n) is 3.40. The quantitative estimate of drug-likeness (QED) is 0.725. The van der Waals surface area contributed by atoms with Crippen molar-refractivity contribution in [3.8, 4) is 0 Å². The number of hydrogen-bond donors (Lipinski definition) is 2. The van der Waals surface area contributed by atoms with Crippen LogP contribution in [-0.2, 0) is 10.0 Å². The third-order valence-electron chi connectivity index (χ3n) is 1.88. The van der Waals surface area contributed by atoms with Crippen LogP contribution in [0.5, 0.6) is 0 Å². The van der Waals surface area contributed by atoms with Gasteiger partial charge >= 0.3 is 0 Å². The van der Waals surface area contributed by atoms with E-state index in [1.807, 2.05) is 13.8 Å². The van der Waals surface area contributed by atoms with Crippen molar-refractivity contribution in [1.82, 2.24) is 10.3 Å². The van der Waals surface area contributed by atoms with Gasteiger partial charge in [-0.25, -0.2) is 13.4 Å². The number of thiazole rings is 1. The van der Waals surface area contributed by atoms with Gasteiger partial charge in [0.25, 0.3) is 0 Å². The molecule has 0 aliphatic heterocycles. The lowest BCUT2D eigenvalue weighted by molar-refractivity contribution is 0.595. The summed E-state index contributed by atoms with van der Waals surface area (Å²) in [6, 6.07) is 0. The molecule has 1 heterocycles. The molecule has 16 heavy (non-hydrogen) atoms. The molecule has 0 aliphatic carbocycles. The maximum absolute atomic E-state index is 11.6. The maximum Gasteiger partial charge on any atom is 0.234 e. The number of nitrogens with zero attached hydrogens (tertiary/aromatic N) is 1. The molecule has 0 aliphatic rings. The van der Waals surface area contributed by atoms with E-state index in [1.165, 1.54) is 11.3 Å². The zero-order valence-electron chi connectivity index (χ0n) is 9.49. The van der Waals surface area contributed by atoms with Crippen molar-refractivity contribution < 1.29 is 8.42 Å². The molecule has 0 spiro atoms. The lowest BCUT2D eigenvalue weighted by Gasteiger charge is -2.05. The van der Waals surface area contributed by atoms with Crippen molar-refractivity contribution in [3.63, 3.8) is 0 Å². The largest absolute Gasteiger partial charge is 0.317 e. The molecule has 1 aromatic heterocycles. The van der Waals surface area contributed by atoms with E-state index in [2.05, 4.69) is 15.0 Å². The van der Waals surface area contributed by atoms with Crippen LogP contribution in [0.4, 0.5) is 5.13 Å². The summed E-state index contributed by atoms with van der Waals surface area (Å²) in [4.78, 5) is 4.95. The first kappa shape index (κ1) is 13.4. The van der Waals surface area contributed by atoms with Crippen LogP contribution in [0.15, 0.2) is 6.20 Å². The summed E-state index contributed by atoms with van der Waals surface area (Å²) in [6.07, 6.45) is 2.26. The van der Waals surface area contributed by atoms with Crippen LogP contribution in [0.1, 0.15) is 18.2 Å². The molecule has 0 amide bonds. The lowest BCUT2D eigenvalue weighted by atomic mass is 10.5. The molecule has 2 N–H and O–H groups in total. The topological polar surface area (TPSA) is 71.1 Å². The van der Waals surface area contributed by atoms with Crippen LogP contribution in [0.2, 0.25) is 0 Å². The van der Waals surface area contributed by atoms with Crippen molar-refractivity contribution in [2.45, 2.75) is 20.3 Å². The Morgan fingerprint density at radius 1 is 1.50 bits per heavy atom. The number of aromatic nitrogens is 1. The highest BCUT2D eigenvalue weighted by molar-refractivity contribution is 7.92. The van der Waals surface area contributed by atoms with E-state index in [0.717, 1.165) is 11.4 Å². The standard InChI is InChI=1S/C9H17N3O2S2/c1-3-10-5-4-6-16(13,14)12-9-11-7-8(2)15-9/h7,10H,3-6H2,1-2H3,(H,11,12). The van der Waals surface area contributed by atoms with Gasteiger partial charge in [0.2, 0.25) is 10.0 Å². The first-order valence-electron chi connectivity index (χ1n) is 5.17. The SMILES string of the molecule is CCNCCCS(=O)(=O)Nc1ncc(C)s1. The molecule has 0 unspecified atom stereocenters. The van der Waals surface area contributed by atoms with Gasteiger partial charge in [0.15, 0.2) is 5.13 Å². The van der Waals surface area contributed by atoms with E-state index in [1.54, 1.807) is 6.20 Å². The molecule has 5 nitrogen and oxygen atoms in total. The molecule has 92 valence electrons. The highest BCUT2D eigenvalue weighted by Gasteiger charge is 2.11. The van der Waals surface area contributed by atoms with Crippen molar-refractivity contribution in [2.24, 2.45) is 0 Å². The predicted molar refractivity (Wildman–Crippen MR) is 67.4 cm³/mol. The molecule has 0 saturated carbocycles. The number of rotatable bonds is 7. The Bertz CT molecular complexity index is 414. The third-order valence-corrected chi connectivity index (χ3v) is 4.17. The van der Waals surface area contributed by atoms with E-state index in [0.29, 0.717) is 18.1 Å². The zero-order valence-corrected chi connectivity index (χ0v) is 11.1. The Kier molecular flexibility index (Phi) is 5.17. The van der Waals surface area contributed by atoms with Gasteiger partial charge in [0.1, 0.15) is 0 Å². The first-order chi connectivity index (χ1) is 7.53. The number of nitrogens with one attached hydrogen (secondary N) is 2. The summed E-state index contributed by atoms with van der Waals surface area (Å²) < 4.78 is 25.7. The summed E-state index contributed by atoms with van der Waals surface area (Å²) in [6.45, 7) is 5.46. The van der Waals surface area contributed by atoms with Crippen molar-refractivity contribution in [2.75, 3.05) is 23.6 Å². The van der Waals surface area contributed by atoms with Crippen LogP contribution in [0.25, 0.3) is 0 Å². The fourth-order valence-electron chi connectivity index (χ4n) is 1.15. The Morgan fingerprint density at radius 2 is 2.25 bits per heavy atom. The Morgan fingerprint density at radius 3 is 2.81 bits per heavy atom. The summed E-state index contributed by atoms with van der Waals surface area (Å²) in [7, 11) is -3.24.